The van der Waals surface area contributed by atoms with Gasteiger partial charge in [-0.25, -0.2) is 0 Å². The van der Waals surface area contributed by atoms with E-state index >= 15 is 0 Å². The molecule has 1 N–H and O–H groups in total. The number of carbonyl (C=O) groups is 2. The molecule has 0 spiro atoms. The second kappa shape index (κ2) is 10.2. The zero-order valence-electron chi connectivity index (χ0n) is 16.3. The molecule has 0 heterocycles. The molecule has 1 aromatic rings. The van der Waals surface area contributed by atoms with Gasteiger partial charge in [-0.3, -0.25) is 9.59 Å². The standard InChI is InChI=1S/C21H32N2O3/c1-4-9-20(24)23(15-17-10-8-13-19(14-17)26-3)16(2)21(25)22-18-11-6-5-7-12-18/h8,10,13-14,16,18H,4-7,9,11-12,15H2,1-3H3,(H,22,25). The summed E-state index contributed by atoms with van der Waals surface area (Å²) in [4.78, 5) is 27.1. The highest BCUT2D eigenvalue weighted by Crippen LogP contribution is 2.19. The molecule has 0 aliphatic heterocycles. The lowest BCUT2D eigenvalue weighted by atomic mass is 9.95. The zero-order chi connectivity index (χ0) is 18.9. The Bertz CT molecular complexity index is 597. The van der Waals surface area contributed by atoms with E-state index in [9.17, 15) is 9.59 Å². The number of hydrogen-bond donors (Lipinski definition) is 1. The van der Waals surface area contributed by atoms with Gasteiger partial charge in [-0.05, 0) is 43.9 Å². The third-order valence-corrected chi connectivity index (χ3v) is 5.07. The number of methoxy groups -OCH3 is 1. The van der Waals surface area contributed by atoms with Crippen LogP contribution in [0.3, 0.4) is 0 Å². The van der Waals surface area contributed by atoms with Crippen molar-refractivity contribution < 1.29 is 14.3 Å². The Morgan fingerprint density at radius 2 is 2.00 bits per heavy atom. The Hall–Kier alpha value is -2.04. The molecule has 1 atom stereocenters. The maximum atomic E-state index is 12.7. The highest BCUT2D eigenvalue weighted by Gasteiger charge is 2.27. The van der Waals surface area contributed by atoms with Crippen molar-refractivity contribution in [1.29, 1.82) is 0 Å². The van der Waals surface area contributed by atoms with Crippen molar-refractivity contribution >= 4 is 11.8 Å². The van der Waals surface area contributed by atoms with Crippen LogP contribution in [0, 0.1) is 0 Å². The Labute approximate surface area is 157 Å². The molecule has 2 rings (SSSR count). The normalized spacial score (nSPS) is 16.0. The fourth-order valence-electron chi connectivity index (χ4n) is 3.48. The number of benzene rings is 1. The fraction of sp³-hybridized carbons (Fsp3) is 0.619. The molecule has 1 aromatic carbocycles. The molecular weight excluding hydrogens is 328 g/mol. The van der Waals surface area contributed by atoms with E-state index < -0.39 is 6.04 Å². The quantitative estimate of drug-likeness (QED) is 0.770. The topological polar surface area (TPSA) is 58.6 Å². The first-order valence-electron chi connectivity index (χ1n) is 9.78. The number of hydrogen-bond acceptors (Lipinski definition) is 3. The van der Waals surface area contributed by atoms with Crippen molar-refractivity contribution in [3.05, 3.63) is 29.8 Å². The van der Waals surface area contributed by atoms with Gasteiger partial charge in [0.05, 0.1) is 7.11 Å². The fourth-order valence-corrected chi connectivity index (χ4v) is 3.48. The molecule has 1 aliphatic carbocycles. The lowest BCUT2D eigenvalue weighted by molar-refractivity contribution is -0.141. The minimum absolute atomic E-state index is 0.0154. The van der Waals surface area contributed by atoms with Crippen LogP contribution in [0.1, 0.15) is 64.4 Å². The Balaban J connectivity index is 2.08. The molecule has 0 saturated heterocycles. The van der Waals surface area contributed by atoms with Crippen molar-refractivity contribution in [2.75, 3.05) is 7.11 Å². The van der Waals surface area contributed by atoms with E-state index in [1.165, 1.54) is 19.3 Å². The number of ether oxygens (including phenoxy) is 1. The Morgan fingerprint density at radius 1 is 1.27 bits per heavy atom. The summed E-state index contributed by atoms with van der Waals surface area (Å²) in [5.74, 6) is 0.718. The minimum Gasteiger partial charge on any atom is -0.497 e. The van der Waals surface area contributed by atoms with E-state index in [-0.39, 0.29) is 17.9 Å². The molecule has 1 saturated carbocycles. The molecule has 1 aliphatic rings. The van der Waals surface area contributed by atoms with Crippen LogP contribution in [0.5, 0.6) is 5.75 Å². The number of amides is 2. The summed E-state index contributed by atoms with van der Waals surface area (Å²) in [5.41, 5.74) is 0.964. The lowest BCUT2D eigenvalue weighted by Gasteiger charge is -2.31. The highest BCUT2D eigenvalue weighted by atomic mass is 16.5. The second-order valence-electron chi connectivity index (χ2n) is 7.14. The van der Waals surface area contributed by atoms with Crippen LogP contribution in [0.4, 0.5) is 0 Å². The average molecular weight is 360 g/mol. The summed E-state index contributed by atoms with van der Waals surface area (Å²) < 4.78 is 5.27. The van der Waals surface area contributed by atoms with Crippen LogP contribution >= 0.6 is 0 Å². The predicted molar refractivity (Wildman–Crippen MR) is 103 cm³/mol. The molecule has 0 bridgehead atoms. The van der Waals surface area contributed by atoms with Gasteiger partial charge in [-0.1, -0.05) is 38.3 Å². The van der Waals surface area contributed by atoms with Gasteiger partial charge in [0.2, 0.25) is 11.8 Å². The number of rotatable bonds is 8. The smallest absolute Gasteiger partial charge is 0.242 e. The van der Waals surface area contributed by atoms with E-state index in [1.807, 2.05) is 38.1 Å². The van der Waals surface area contributed by atoms with E-state index in [0.29, 0.717) is 13.0 Å². The SMILES string of the molecule is CCCC(=O)N(Cc1cccc(OC)c1)C(C)C(=O)NC1CCCCC1. The van der Waals surface area contributed by atoms with E-state index in [1.54, 1.807) is 12.0 Å². The Morgan fingerprint density at radius 3 is 2.65 bits per heavy atom. The van der Waals surface area contributed by atoms with Gasteiger partial charge in [-0.2, -0.15) is 0 Å². The van der Waals surface area contributed by atoms with Gasteiger partial charge in [0.15, 0.2) is 0 Å². The van der Waals surface area contributed by atoms with E-state index in [0.717, 1.165) is 30.6 Å². The zero-order valence-corrected chi connectivity index (χ0v) is 16.3. The molecule has 144 valence electrons. The number of nitrogens with zero attached hydrogens (tertiary/aromatic N) is 1. The molecule has 1 fully saturated rings. The monoisotopic (exact) mass is 360 g/mol. The third-order valence-electron chi connectivity index (χ3n) is 5.07. The van der Waals surface area contributed by atoms with Crippen LogP contribution in [0.2, 0.25) is 0 Å². The Kier molecular flexibility index (Phi) is 7.95. The van der Waals surface area contributed by atoms with Crippen LogP contribution in [0.15, 0.2) is 24.3 Å². The predicted octanol–water partition coefficient (Wildman–Crippen LogP) is 3.66. The van der Waals surface area contributed by atoms with Gasteiger partial charge >= 0.3 is 0 Å². The molecule has 5 nitrogen and oxygen atoms in total. The van der Waals surface area contributed by atoms with Crippen LogP contribution in [0.25, 0.3) is 0 Å². The average Bonchev–Trinajstić information content (AvgIpc) is 2.66. The number of carbonyl (C=O) groups excluding carboxylic acids is 2. The first-order chi connectivity index (χ1) is 12.5. The summed E-state index contributed by atoms with van der Waals surface area (Å²) >= 11 is 0. The van der Waals surface area contributed by atoms with Crippen molar-refractivity contribution in [2.45, 2.75) is 77.4 Å². The van der Waals surface area contributed by atoms with Crippen LogP contribution in [-0.4, -0.2) is 35.9 Å². The maximum absolute atomic E-state index is 12.7. The van der Waals surface area contributed by atoms with Gasteiger partial charge in [0.25, 0.3) is 0 Å². The molecule has 0 radical (unpaired) electrons. The minimum atomic E-state index is -0.484. The van der Waals surface area contributed by atoms with Crippen molar-refractivity contribution in [1.82, 2.24) is 10.2 Å². The maximum Gasteiger partial charge on any atom is 0.242 e. The van der Waals surface area contributed by atoms with Gasteiger partial charge in [0, 0.05) is 19.0 Å². The molecule has 5 heteroatoms. The largest absolute Gasteiger partial charge is 0.497 e. The molecule has 26 heavy (non-hydrogen) atoms. The highest BCUT2D eigenvalue weighted by molar-refractivity contribution is 5.87. The summed E-state index contributed by atoms with van der Waals surface area (Å²) in [6.45, 7) is 4.22. The van der Waals surface area contributed by atoms with Crippen molar-refractivity contribution in [2.24, 2.45) is 0 Å². The number of nitrogens with one attached hydrogen (secondary N) is 1. The summed E-state index contributed by atoms with van der Waals surface area (Å²) in [7, 11) is 1.62. The van der Waals surface area contributed by atoms with Crippen LogP contribution in [-0.2, 0) is 16.1 Å². The molecule has 2 amide bonds. The van der Waals surface area contributed by atoms with E-state index in [2.05, 4.69) is 5.32 Å². The molecule has 0 aromatic heterocycles. The lowest BCUT2D eigenvalue weighted by Crippen LogP contribution is -2.50. The third kappa shape index (κ3) is 5.75. The molecule has 1 unspecified atom stereocenters. The summed E-state index contributed by atoms with van der Waals surface area (Å²) in [6, 6.07) is 7.42. The second-order valence-corrected chi connectivity index (χ2v) is 7.14. The summed E-state index contributed by atoms with van der Waals surface area (Å²) in [5, 5.41) is 3.15. The van der Waals surface area contributed by atoms with Crippen molar-refractivity contribution in [3.63, 3.8) is 0 Å². The summed E-state index contributed by atoms with van der Waals surface area (Å²) in [6.07, 6.45) is 6.88. The first kappa shape index (κ1) is 20.3. The van der Waals surface area contributed by atoms with Crippen molar-refractivity contribution in [3.8, 4) is 5.75 Å². The van der Waals surface area contributed by atoms with Gasteiger partial charge < -0.3 is 15.0 Å². The van der Waals surface area contributed by atoms with Gasteiger partial charge in [0.1, 0.15) is 11.8 Å². The van der Waals surface area contributed by atoms with Crippen LogP contribution < -0.4 is 10.1 Å². The molecular formula is C21H32N2O3. The first-order valence-corrected chi connectivity index (χ1v) is 9.78. The van der Waals surface area contributed by atoms with Gasteiger partial charge in [-0.15, -0.1) is 0 Å². The van der Waals surface area contributed by atoms with E-state index in [4.69, 9.17) is 4.74 Å².